The van der Waals surface area contributed by atoms with Crippen molar-refractivity contribution < 1.29 is 9.47 Å². The number of ether oxygens (including phenoxy) is 2. The summed E-state index contributed by atoms with van der Waals surface area (Å²) in [6.07, 6.45) is 0. The lowest BCUT2D eigenvalue weighted by molar-refractivity contribution is 0.0342. The van der Waals surface area contributed by atoms with Gasteiger partial charge in [-0.3, -0.25) is 9.89 Å². The molecule has 6 nitrogen and oxygen atoms in total. The molecule has 1 aromatic rings. The Labute approximate surface area is 168 Å². The normalized spacial score (nSPS) is 15.5. The first-order chi connectivity index (χ1) is 11.8. The van der Waals surface area contributed by atoms with Gasteiger partial charge in [-0.05, 0) is 18.1 Å². The number of hydrogen-bond acceptors (Lipinski definition) is 4. The summed E-state index contributed by atoms with van der Waals surface area (Å²) in [5.74, 6) is 0.798. The molecule has 1 saturated heterocycles. The van der Waals surface area contributed by atoms with Gasteiger partial charge in [0.05, 0.1) is 19.8 Å². The molecule has 1 aliphatic heterocycles. The van der Waals surface area contributed by atoms with E-state index < -0.39 is 0 Å². The topological polar surface area (TPSA) is 58.1 Å². The number of hydrogen-bond donors (Lipinski definition) is 2. The third kappa shape index (κ3) is 8.84. The van der Waals surface area contributed by atoms with Crippen LogP contribution in [0.5, 0.6) is 0 Å². The smallest absolute Gasteiger partial charge is 0.191 e. The summed E-state index contributed by atoms with van der Waals surface area (Å²) in [5.41, 5.74) is 2.59. The summed E-state index contributed by atoms with van der Waals surface area (Å²) in [5, 5.41) is 6.56. The summed E-state index contributed by atoms with van der Waals surface area (Å²) in [6, 6.07) is 8.77. The van der Waals surface area contributed by atoms with Gasteiger partial charge in [-0.15, -0.1) is 24.0 Å². The van der Waals surface area contributed by atoms with Crippen LogP contribution in [0.2, 0.25) is 0 Å². The molecule has 0 spiro atoms. The highest BCUT2D eigenvalue weighted by atomic mass is 127. The van der Waals surface area contributed by atoms with E-state index in [9.17, 15) is 0 Å². The molecule has 0 saturated carbocycles. The van der Waals surface area contributed by atoms with Crippen molar-refractivity contribution in [2.45, 2.75) is 20.0 Å². The standard InChI is InChI=1S/C18H30N4O2.HI/c1-3-23-11-8-20-18(19-2)21-14-16-4-6-17(7-5-16)15-22-9-12-24-13-10-22;/h4-7H,3,8-15H2,1-2H3,(H2,19,20,21);1H. The summed E-state index contributed by atoms with van der Waals surface area (Å²) in [6.45, 7) is 9.67. The van der Waals surface area contributed by atoms with Gasteiger partial charge in [0.2, 0.25) is 0 Å². The summed E-state index contributed by atoms with van der Waals surface area (Å²) in [4.78, 5) is 6.65. The van der Waals surface area contributed by atoms with Crippen LogP contribution in [0.1, 0.15) is 18.1 Å². The van der Waals surface area contributed by atoms with Crippen LogP contribution in [0.25, 0.3) is 0 Å². The van der Waals surface area contributed by atoms with Crippen molar-refractivity contribution in [2.75, 3.05) is 53.1 Å². The quantitative estimate of drug-likeness (QED) is 0.267. The Balaban J connectivity index is 0.00000312. The van der Waals surface area contributed by atoms with Crippen molar-refractivity contribution in [3.8, 4) is 0 Å². The molecule has 2 rings (SSSR count). The van der Waals surface area contributed by atoms with Crippen LogP contribution in [0.3, 0.4) is 0 Å². The maximum absolute atomic E-state index is 5.39. The first-order valence-corrected chi connectivity index (χ1v) is 8.72. The number of aliphatic imine (C=N–C) groups is 1. The number of morpholine rings is 1. The number of nitrogens with zero attached hydrogens (tertiary/aromatic N) is 2. The van der Waals surface area contributed by atoms with Gasteiger partial charge in [0.1, 0.15) is 0 Å². The van der Waals surface area contributed by atoms with E-state index in [1.165, 1.54) is 11.1 Å². The third-order valence-corrected chi connectivity index (χ3v) is 3.96. The van der Waals surface area contributed by atoms with Gasteiger partial charge in [0, 0.05) is 46.4 Å². The Kier molecular flexibility index (Phi) is 11.8. The molecule has 1 aliphatic rings. The van der Waals surface area contributed by atoms with Crippen LogP contribution in [-0.4, -0.2) is 64.0 Å². The molecule has 0 aliphatic carbocycles. The van der Waals surface area contributed by atoms with Gasteiger partial charge in [0.15, 0.2) is 5.96 Å². The van der Waals surface area contributed by atoms with Crippen LogP contribution >= 0.6 is 24.0 Å². The third-order valence-electron chi connectivity index (χ3n) is 3.96. The van der Waals surface area contributed by atoms with Crippen LogP contribution in [0.15, 0.2) is 29.3 Å². The van der Waals surface area contributed by atoms with E-state index in [-0.39, 0.29) is 24.0 Å². The van der Waals surface area contributed by atoms with E-state index in [4.69, 9.17) is 9.47 Å². The first kappa shape index (κ1) is 22.1. The lowest BCUT2D eigenvalue weighted by atomic mass is 10.1. The Hall–Kier alpha value is -0.900. The maximum atomic E-state index is 5.39. The monoisotopic (exact) mass is 462 g/mol. The molecule has 0 unspecified atom stereocenters. The number of rotatable bonds is 8. The van der Waals surface area contributed by atoms with E-state index in [1.54, 1.807) is 7.05 Å². The van der Waals surface area contributed by atoms with Crippen LogP contribution in [0.4, 0.5) is 0 Å². The highest BCUT2D eigenvalue weighted by molar-refractivity contribution is 14.0. The molecular weight excluding hydrogens is 431 g/mol. The maximum Gasteiger partial charge on any atom is 0.191 e. The average molecular weight is 462 g/mol. The molecule has 1 fully saturated rings. The fourth-order valence-corrected chi connectivity index (χ4v) is 2.57. The predicted octanol–water partition coefficient (Wildman–Crippen LogP) is 1.84. The van der Waals surface area contributed by atoms with Crippen molar-refractivity contribution >= 4 is 29.9 Å². The van der Waals surface area contributed by atoms with Crippen molar-refractivity contribution in [1.29, 1.82) is 0 Å². The molecule has 25 heavy (non-hydrogen) atoms. The van der Waals surface area contributed by atoms with Crippen molar-refractivity contribution in [2.24, 2.45) is 4.99 Å². The van der Waals surface area contributed by atoms with Crippen LogP contribution < -0.4 is 10.6 Å². The number of guanidine groups is 1. The minimum absolute atomic E-state index is 0. The Bertz CT molecular complexity index is 490. The van der Waals surface area contributed by atoms with E-state index in [2.05, 4.69) is 44.8 Å². The van der Waals surface area contributed by atoms with Crippen molar-refractivity contribution in [1.82, 2.24) is 15.5 Å². The van der Waals surface area contributed by atoms with Crippen LogP contribution in [-0.2, 0) is 22.6 Å². The first-order valence-electron chi connectivity index (χ1n) is 8.72. The zero-order valence-corrected chi connectivity index (χ0v) is 17.6. The molecule has 0 bridgehead atoms. The number of halogens is 1. The second kappa shape index (κ2) is 13.3. The summed E-state index contributed by atoms with van der Waals surface area (Å²) in [7, 11) is 1.78. The SMILES string of the molecule is CCOCCNC(=NC)NCc1ccc(CN2CCOCC2)cc1.I. The number of benzene rings is 1. The Morgan fingerprint density at radius 3 is 2.48 bits per heavy atom. The molecular formula is C18H31IN4O2. The van der Waals surface area contributed by atoms with E-state index >= 15 is 0 Å². The van der Waals surface area contributed by atoms with Gasteiger partial charge in [-0.2, -0.15) is 0 Å². The molecule has 142 valence electrons. The molecule has 0 amide bonds. The van der Waals surface area contributed by atoms with Gasteiger partial charge in [-0.25, -0.2) is 0 Å². The highest BCUT2D eigenvalue weighted by Gasteiger charge is 2.10. The van der Waals surface area contributed by atoms with Crippen molar-refractivity contribution in [3.63, 3.8) is 0 Å². The van der Waals surface area contributed by atoms with Gasteiger partial charge >= 0.3 is 0 Å². The Morgan fingerprint density at radius 1 is 1.16 bits per heavy atom. The minimum atomic E-state index is 0. The number of nitrogens with one attached hydrogen (secondary N) is 2. The highest BCUT2D eigenvalue weighted by Crippen LogP contribution is 2.09. The molecule has 0 radical (unpaired) electrons. The fourth-order valence-electron chi connectivity index (χ4n) is 2.57. The zero-order valence-electron chi connectivity index (χ0n) is 15.3. The van der Waals surface area contributed by atoms with E-state index in [0.717, 1.165) is 58.5 Å². The molecule has 0 atom stereocenters. The molecule has 0 aromatic heterocycles. The second-order valence-electron chi connectivity index (χ2n) is 5.75. The zero-order chi connectivity index (χ0) is 17.0. The van der Waals surface area contributed by atoms with Gasteiger partial charge < -0.3 is 20.1 Å². The lowest BCUT2D eigenvalue weighted by Crippen LogP contribution is -2.38. The van der Waals surface area contributed by atoms with Gasteiger partial charge in [-0.1, -0.05) is 24.3 Å². The molecule has 7 heteroatoms. The Morgan fingerprint density at radius 2 is 1.84 bits per heavy atom. The van der Waals surface area contributed by atoms with Gasteiger partial charge in [0.25, 0.3) is 0 Å². The minimum Gasteiger partial charge on any atom is -0.380 e. The largest absolute Gasteiger partial charge is 0.380 e. The predicted molar refractivity (Wildman–Crippen MR) is 113 cm³/mol. The summed E-state index contributed by atoms with van der Waals surface area (Å²) < 4.78 is 10.7. The van der Waals surface area contributed by atoms with E-state index in [0.29, 0.717) is 6.61 Å². The fraction of sp³-hybridized carbons (Fsp3) is 0.611. The van der Waals surface area contributed by atoms with Crippen LogP contribution in [0, 0.1) is 0 Å². The van der Waals surface area contributed by atoms with Crippen molar-refractivity contribution in [3.05, 3.63) is 35.4 Å². The van der Waals surface area contributed by atoms with E-state index in [1.807, 2.05) is 6.92 Å². The lowest BCUT2D eigenvalue weighted by Gasteiger charge is -2.26. The molecule has 1 heterocycles. The summed E-state index contributed by atoms with van der Waals surface area (Å²) >= 11 is 0. The molecule has 1 aromatic carbocycles. The molecule has 2 N–H and O–H groups in total. The second-order valence-corrected chi connectivity index (χ2v) is 5.75. The average Bonchev–Trinajstić information content (AvgIpc) is 2.63.